The first kappa shape index (κ1) is 17.0. The lowest BCUT2D eigenvalue weighted by atomic mass is 10.1. The molecular weight excluding hydrogens is 349 g/mol. The molecule has 0 aliphatic carbocycles. The molecule has 0 atom stereocenters. The van der Waals surface area contributed by atoms with Crippen LogP contribution in [0.2, 0.25) is 0 Å². The highest BCUT2D eigenvalue weighted by molar-refractivity contribution is 5.93. The molecule has 0 aliphatic rings. The second-order valence-electron chi connectivity index (χ2n) is 6.09. The van der Waals surface area contributed by atoms with E-state index >= 15 is 0 Å². The quantitative estimate of drug-likeness (QED) is 0.553. The molecule has 0 saturated carbocycles. The first-order valence-electron chi connectivity index (χ1n) is 8.33. The van der Waals surface area contributed by atoms with Gasteiger partial charge in [-0.05, 0) is 37.3 Å². The van der Waals surface area contributed by atoms with Gasteiger partial charge in [-0.25, -0.2) is 9.07 Å². The Balaban J connectivity index is 1.92. The largest absolute Gasteiger partial charge is 0.497 e. The molecule has 7 heteroatoms. The van der Waals surface area contributed by atoms with Crippen molar-refractivity contribution in [1.29, 1.82) is 0 Å². The van der Waals surface area contributed by atoms with E-state index in [2.05, 4.69) is 10.3 Å². The summed E-state index contributed by atoms with van der Waals surface area (Å²) in [6, 6.07) is 13.6. The van der Waals surface area contributed by atoms with Crippen LogP contribution in [0.1, 0.15) is 11.3 Å². The summed E-state index contributed by atoms with van der Waals surface area (Å²) >= 11 is 0. The summed E-state index contributed by atoms with van der Waals surface area (Å²) in [6.45, 7) is 1.72. The van der Waals surface area contributed by atoms with E-state index in [-0.39, 0.29) is 12.1 Å². The van der Waals surface area contributed by atoms with E-state index in [1.54, 1.807) is 44.4 Å². The molecule has 2 heterocycles. The zero-order valence-electron chi connectivity index (χ0n) is 14.8. The Morgan fingerprint density at radius 1 is 1.15 bits per heavy atom. The third-order valence-electron chi connectivity index (χ3n) is 4.40. The maximum Gasteiger partial charge on any atom is 0.297 e. The fourth-order valence-electron chi connectivity index (χ4n) is 2.98. The Morgan fingerprint density at radius 3 is 2.59 bits per heavy atom. The number of hydrogen-bond donors (Lipinski definition) is 0. The lowest BCUT2D eigenvalue weighted by Gasteiger charge is -2.10. The first-order chi connectivity index (χ1) is 13.1. The highest BCUT2D eigenvalue weighted by atomic mass is 19.1. The van der Waals surface area contributed by atoms with E-state index < -0.39 is 11.4 Å². The molecule has 6 nitrogen and oxygen atoms in total. The summed E-state index contributed by atoms with van der Waals surface area (Å²) < 4.78 is 25.7. The van der Waals surface area contributed by atoms with Crippen molar-refractivity contribution in [3.63, 3.8) is 0 Å². The van der Waals surface area contributed by atoms with E-state index in [1.165, 1.54) is 10.7 Å². The van der Waals surface area contributed by atoms with Gasteiger partial charge in [-0.3, -0.25) is 4.79 Å². The highest BCUT2D eigenvalue weighted by Gasteiger charge is 2.19. The summed E-state index contributed by atoms with van der Waals surface area (Å²) in [5.41, 5.74) is 1.43. The van der Waals surface area contributed by atoms with Crippen LogP contribution in [-0.4, -0.2) is 22.0 Å². The molecule has 0 aliphatic heterocycles. The second kappa shape index (κ2) is 6.68. The summed E-state index contributed by atoms with van der Waals surface area (Å²) in [5, 5.41) is 8.94. The van der Waals surface area contributed by atoms with Crippen LogP contribution in [0.5, 0.6) is 5.75 Å². The van der Waals surface area contributed by atoms with Crippen LogP contribution in [0.3, 0.4) is 0 Å². The average Bonchev–Trinajstić information content (AvgIpc) is 3.08. The third kappa shape index (κ3) is 2.97. The molecule has 2 aromatic heterocycles. The van der Waals surface area contributed by atoms with Crippen LogP contribution in [0, 0.1) is 12.7 Å². The van der Waals surface area contributed by atoms with Crippen molar-refractivity contribution >= 4 is 10.9 Å². The highest BCUT2D eigenvalue weighted by Crippen LogP contribution is 2.28. The third-order valence-corrected chi connectivity index (χ3v) is 4.40. The topological polar surface area (TPSA) is 70.2 Å². The minimum absolute atomic E-state index is 0.00346. The molecule has 0 spiro atoms. The molecule has 0 unspecified atom stereocenters. The zero-order valence-corrected chi connectivity index (χ0v) is 14.8. The SMILES string of the molecule is COc1ccc(-c2nn(Cc3ccccc3F)c(=O)c3noc(C)c23)cc1. The number of rotatable bonds is 4. The second-order valence-corrected chi connectivity index (χ2v) is 6.09. The van der Waals surface area contributed by atoms with Gasteiger partial charge in [0, 0.05) is 11.1 Å². The Kier molecular flexibility index (Phi) is 4.19. The van der Waals surface area contributed by atoms with Crippen molar-refractivity contribution in [3.8, 4) is 17.0 Å². The van der Waals surface area contributed by atoms with Crippen LogP contribution in [0.4, 0.5) is 4.39 Å². The maximum absolute atomic E-state index is 14.0. The van der Waals surface area contributed by atoms with E-state index in [9.17, 15) is 9.18 Å². The van der Waals surface area contributed by atoms with Gasteiger partial charge in [0.1, 0.15) is 23.0 Å². The smallest absolute Gasteiger partial charge is 0.297 e. The molecule has 0 bridgehead atoms. The molecule has 0 saturated heterocycles. The fraction of sp³-hybridized carbons (Fsp3) is 0.150. The van der Waals surface area contributed by atoms with Crippen LogP contribution >= 0.6 is 0 Å². The number of benzene rings is 2. The van der Waals surface area contributed by atoms with Crippen molar-refractivity contribution in [2.45, 2.75) is 13.5 Å². The average molecular weight is 365 g/mol. The molecular formula is C20H16FN3O3. The first-order valence-corrected chi connectivity index (χ1v) is 8.33. The molecule has 2 aromatic carbocycles. The van der Waals surface area contributed by atoms with Crippen LogP contribution in [-0.2, 0) is 6.54 Å². The molecule has 4 rings (SSSR count). The zero-order chi connectivity index (χ0) is 19.0. The van der Waals surface area contributed by atoms with Gasteiger partial charge in [0.15, 0.2) is 5.52 Å². The van der Waals surface area contributed by atoms with E-state index in [0.29, 0.717) is 28.2 Å². The number of fused-ring (bicyclic) bond motifs is 1. The molecule has 27 heavy (non-hydrogen) atoms. The molecule has 0 radical (unpaired) electrons. The van der Waals surface area contributed by atoms with Gasteiger partial charge in [0.05, 0.1) is 19.0 Å². The van der Waals surface area contributed by atoms with Gasteiger partial charge in [-0.2, -0.15) is 5.10 Å². The van der Waals surface area contributed by atoms with Crippen LogP contribution < -0.4 is 10.3 Å². The van der Waals surface area contributed by atoms with Crippen LogP contribution in [0.15, 0.2) is 57.8 Å². The number of nitrogens with zero attached hydrogens (tertiary/aromatic N) is 3. The number of hydrogen-bond acceptors (Lipinski definition) is 5. The minimum Gasteiger partial charge on any atom is -0.497 e. The van der Waals surface area contributed by atoms with Gasteiger partial charge >= 0.3 is 0 Å². The monoisotopic (exact) mass is 365 g/mol. The molecule has 136 valence electrons. The summed E-state index contributed by atoms with van der Waals surface area (Å²) in [6.07, 6.45) is 0. The van der Waals surface area contributed by atoms with Crippen molar-refractivity contribution < 1.29 is 13.7 Å². The van der Waals surface area contributed by atoms with Crippen molar-refractivity contribution in [2.24, 2.45) is 0 Å². The predicted octanol–water partition coefficient (Wildman–Crippen LogP) is 3.56. The van der Waals surface area contributed by atoms with Crippen LogP contribution in [0.25, 0.3) is 22.2 Å². The predicted molar refractivity (Wildman–Crippen MR) is 98.3 cm³/mol. The van der Waals surface area contributed by atoms with Crippen molar-refractivity contribution in [1.82, 2.24) is 14.9 Å². The minimum atomic E-state index is -0.428. The summed E-state index contributed by atoms with van der Waals surface area (Å²) in [4.78, 5) is 12.8. The Bertz CT molecular complexity index is 1180. The van der Waals surface area contributed by atoms with Gasteiger partial charge < -0.3 is 9.26 Å². The number of aryl methyl sites for hydroxylation is 1. The number of methoxy groups -OCH3 is 1. The van der Waals surface area contributed by atoms with Crippen molar-refractivity contribution in [2.75, 3.05) is 7.11 Å². The molecule has 0 N–H and O–H groups in total. The summed E-state index contributed by atoms with van der Waals surface area (Å²) in [5.74, 6) is 0.809. The Morgan fingerprint density at radius 2 is 1.89 bits per heavy atom. The van der Waals surface area contributed by atoms with Gasteiger partial charge in [-0.1, -0.05) is 23.4 Å². The molecule has 0 fully saturated rings. The van der Waals surface area contributed by atoms with Crippen molar-refractivity contribution in [3.05, 3.63) is 76.0 Å². The van der Waals surface area contributed by atoms with E-state index in [0.717, 1.165) is 5.56 Å². The van der Waals surface area contributed by atoms with E-state index in [1.807, 2.05) is 12.1 Å². The summed E-state index contributed by atoms with van der Waals surface area (Å²) in [7, 11) is 1.59. The Hall–Kier alpha value is -3.48. The molecule has 0 amide bonds. The van der Waals surface area contributed by atoms with Gasteiger partial charge in [-0.15, -0.1) is 0 Å². The normalized spacial score (nSPS) is 11.1. The maximum atomic E-state index is 14.0. The fourth-order valence-corrected chi connectivity index (χ4v) is 2.98. The Labute approximate surface area is 153 Å². The lowest BCUT2D eigenvalue weighted by Crippen LogP contribution is -2.25. The lowest BCUT2D eigenvalue weighted by molar-refractivity contribution is 0.405. The standard InChI is InChI=1S/C20H16FN3O3/c1-12-17-18(13-7-9-15(26-2)10-8-13)22-24(20(25)19(17)23-27-12)11-14-5-3-4-6-16(14)21/h3-10H,11H2,1-2H3. The van der Waals surface area contributed by atoms with E-state index in [4.69, 9.17) is 9.26 Å². The number of ether oxygens (including phenoxy) is 1. The number of aromatic nitrogens is 3. The van der Waals surface area contributed by atoms with Gasteiger partial charge in [0.2, 0.25) is 0 Å². The number of halogens is 1. The molecule has 4 aromatic rings. The van der Waals surface area contributed by atoms with Gasteiger partial charge in [0.25, 0.3) is 5.56 Å².